The summed E-state index contributed by atoms with van der Waals surface area (Å²) in [5, 5.41) is 3.28. The van der Waals surface area contributed by atoms with Crippen LogP contribution in [0.15, 0.2) is 165 Å². The number of para-hydroxylation sites is 7. The first-order valence-electron chi connectivity index (χ1n) is 21.8. The van der Waals surface area contributed by atoms with Crippen molar-refractivity contribution in [2.45, 2.75) is 41.5 Å². The number of oxazole rings is 2. The third kappa shape index (κ3) is 5.72. The number of hydrogen-bond donors (Lipinski definition) is 0. The molecule has 0 radical (unpaired) electrons. The minimum atomic E-state index is 0.467. The number of hydrogen-bond acceptors (Lipinski definition) is 5. The minimum absolute atomic E-state index is 0.467. The topological polar surface area (TPSA) is 70.1 Å². The standard InChI is InChI=1S/C58H43N3O3/c1-32-27-34(3)49(35(4)28-32)52-54(57-59-41-20-10-15-25-46(41)63-57)51(48-31-38-17-7-14-24-45(38)62-48)55(58-60-42-21-11-16-26-47(42)64-58)53(50-36(5)29-33(2)30-37(50)6)56(52)61-43-22-12-8-18-39(43)40-19-9-13-23-44(40)61/h7-31H,1-6H3. The average Bonchev–Trinajstić information content (AvgIpc) is 4.08. The van der Waals surface area contributed by atoms with Gasteiger partial charge < -0.3 is 17.8 Å². The van der Waals surface area contributed by atoms with E-state index in [1.807, 2.05) is 66.7 Å². The van der Waals surface area contributed by atoms with Gasteiger partial charge in [-0.05, 0) is 123 Å². The van der Waals surface area contributed by atoms with Crippen molar-refractivity contribution in [3.05, 3.63) is 185 Å². The molecule has 12 rings (SSSR count). The maximum atomic E-state index is 7.09. The molecule has 0 N–H and O–H groups in total. The van der Waals surface area contributed by atoms with E-state index in [9.17, 15) is 0 Å². The quantitative estimate of drug-likeness (QED) is 0.167. The molecule has 4 aromatic heterocycles. The molecule has 12 aromatic rings. The minimum Gasteiger partial charge on any atom is -0.456 e. The number of furan rings is 1. The van der Waals surface area contributed by atoms with E-state index in [0.717, 1.165) is 111 Å². The molecule has 6 heteroatoms. The van der Waals surface area contributed by atoms with Gasteiger partial charge in [0.25, 0.3) is 0 Å². The highest BCUT2D eigenvalue weighted by Crippen LogP contribution is 2.57. The highest BCUT2D eigenvalue weighted by atomic mass is 16.4. The number of fused-ring (bicyclic) bond motifs is 6. The predicted molar refractivity (Wildman–Crippen MR) is 261 cm³/mol. The third-order valence-electron chi connectivity index (χ3n) is 12.8. The van der Waals surface area contributed by atoms with Gasteiger partial charge in [0.2, 0.25) is 11.8 Å². The van der Waals surface area contributed by atoms with E-state index in [-0.39, 0.29) is 0 Å². The van der Waals surface area contributed by atoms with Gasteiger partial charge in [-0.2, -0.15) is 0 Å². The van der Waals surface area contributed by atoms with Crippen molar-refractivity contribution >= 4 is 55.0 Å². The van der Waals surface area contributed by atoms with Gasteiger partial charge in [0.1, 0.15) is 22.4 Å². The number of aromatic nitrogens is 3. The summed E-state index contributed by atoms with van der Waals surface area (Å²) in [5.41, 5.74) is 20.1. The smallest absolute Gasteiger partial charge is 0.228 e. The molecule has 0 aliphatic rings. The predicted octanol–water partition coefficient (Wildman–Crippen LogP) is 16.0. The van der Waals surface area contributed by atoms with Crippen molar-refractivity contribution in [2.75, 3.05) is 0 Å². The molecule has 0 bridgehead atoms. The van der Waals surface area contributed by atoms with E-state index in [1.165, 1.54) is 11.1 Å². The van der Waals surface area contributed by atoms with E-state index in [0.29, 0.717) is 28.7 Å². The van der Waals surface area contributed by atoms with Crippen molar-refractivity contribution in [1.29, 1.82) is 0 Å². The first kappa shape index (κ1) is 37.8. The highest BCUT2D eigenvalue weighted by molar-refractivity contribution is 6.16. The van der Waals surface area contributed by atoms with Crippen LogP contribution in [0.4, 0.5) is 0 Å². The Morgan fingerprint density at radius 1 is 0.375 bits per heavy atom. The van der Waals surface area contributed by atoms with Crippen molar-refractivity contribution in [2.24, 2.45) is 0 Å². The van der Waals surface area contributed by atoms with Crippen molar-refractivity contribution in [1.82, 2.24) is 14.5 Å². The first-order valence-corrected chi connectivity index (χ1v) is 21.8. The van der Waals surface area contributed by atoms with Crippen LogP contribution in [0.1, 0.15) is 33.4 Å². The second-order valence-corrected chi connectivity index (χ2v) is 17.3. The average molecular weight is 830 g/mol. The van der Waals surface area contributed by atoms with E-state index in [1.54, 1.807) is 0 Å². The van der Waals surface area contributed by atoms with Crippen LogP contribution < -0.4 is 0 Å². The van der Waals surface area contributed by atoms with Crippen molar-refractivity contribution in [3.8, 4) is 62.2 Å². The van der Waals surface area contributed by atoms with E-state index in [2.05, 4.69) is 131 Å². The molecular weight excluding hydrogens is 787 g/mol. The maximum Gasteiger partial charge on any atom is 0.228 e. The van der Waals surface area contributed by atoms with Crippen LogP contribution in [-0.2, 0) is 0 Å². The highest BCUT2D eigenvalue weighted by Gasteiger charge is 2.37. The Kier molecular flexibility index (Phi) is 8.44. The van der Waals surface area contributed by atoms with Crippen LogP contribution in [0, 0.1) is 41.5 Å². The number of nitrogens with zero attached hydrogens (tertiary/aromatic N) is 3. The summed E-state index contributed by atoms with van der Waals surface area (Å²) < 4.78 is 23.7. The van der Waals surface area contributed by atoms with Gasteiger partial charge in [-0.3, -0.25) is 0 Å². The molecule has 0 aliphatic heterocycles. The van der Waals surface area contributed by atoms with Gasteiger partial charge in [-0.15, -0.1) is 0 Å². The Hall–Kier alpha value is -7.96. The second-order valence-electron chi connectivity index (χ2n) is 17.3. The molecule has 8 aromatic carbocycles. The molecule has 0 saturated heterocycles. The zero-order valence-corrected chi connectivity index (χ0v) is 36.5. The summed E-state index contributed by atoms with van der Waals surface area (Å²) in [5.74, 6) is 1.58. The lowest BCUT2D eigenvalue weighted by Gasteiger charge is -2.29. The Morgan fingerprint density at radius 2 is 0.797 bits per heavy atom. The maximum absolute atomic E-state index is 7.09. The molecule has 64 heavy (non-hydrogen) atoms. The van der Waals surface area contributed by atoms with Crippen LogP contribution in [0.3, 0.4) is 0 Å². The van der Waals surface area contributed by atoms with Gasteiger partial charge >= 0.3 is 0 Å². The monoisotopic (exact) mass is 829 g/mol. The SMILES string of the molecule is Cc1cc(C)c(-c2c(-c3nc4ccccc4o3)c(-c3cc4ccccc4o3)c(-c3nc4ccccc4o3)c(-c3c(C)cc(C)cc3C)c2-n2c3ccccc3c3ccccc32)c(C)c1. The summed E-state index contributed by atoms with van der Waals surface area (Å²) in [6.45, 7) is 13.2. The molecule has 0 spiro atoms. The normalized spacial score (nSPS) is 11.9. The molecule has 4 heterocycles. The third-order valence-corrected chi connectivity index (χ3v) is 12.8. The summed E-state index contributed by atoms with van der Waals surface area (Å²) in [7, 11) is 0. The Labute approximate surface area is 370 Å². The Morgan fingerprint density at radius 3 is 1.27 bits per heavy atom. The molecule has 0 amide bonds. The van der Waals surface area contributed by atoms with Crippen molar-refractivity contribution < 1.29 is 13.3 Å². The van der Waals surface area contributed by atoms with Gasteiger partial charge in [0.05, 0.1) is 27.8 Å². The van der Waals surface area contributed by atoms with Crippen LogP contribution in [0.2, 0.25) is 0 Å². The summed E-state index contributed by atoms with van der Waals surface area (Å²) in [4.78, 5) is 10.8. The first-order chi connectivity index (χ1) is 31.2. The largest absolute Gasteiger partial charge is 0.456 e. The Balaban J connectivity index is 1.46. The zero-order valence-electron chi connectivity index (χ0n) is 36.5. The van der Waals surface area contributed by atoms with E-state index < -0.39 is 0 Å². The molecule has 0 aliphatic carbocycles. The van der Waals surface area contributed by atoms with Crippen LogP contribution >= 0.6 is 0 Å². The lowest BCUT2D eigenvalue weighted by atomic mass is 9.78. The van der Waals surface area contributed by atoms with Gasteiger partial charge in [0, 0.05) is 32.8 Å². The number of rotatable bonds is 6. The second kappa shape index (κ2) is 14.3. The fourth-order valence-electron chi connectivity index (χ4n) is 10.5. The molecule has 0 fully saturated rings. The zero-order chi connectivity index (χ0) is 43.4. The summed E-state index contributed by atoms with van der Waals surface area (Å²) >= 11 is 0. The summed E-state index contributed by atoms with van der Waals surface area (Å²) in [6, 6.07) is 52.9. The lowest BCUT2D eigenvalue weighted by molar-refractivity contribution is 0.611. The number of aryl methyl sites for hydroxylation is 6. The van der Waals surface area contributed by atoms with Crippen LogP contribution in [-0.4, -0.2) is 14.5 Å². The molecule has 0 saturated carbocycles. The van der Waals surface area contributed by atoms with Gasteiger partial charge in [0.15, 0.2) is 11.2 Å². The molecule has 6 nitrogen and oxygen atoms in total. The van der Waals surface area contributed by atoms with E-state index in [4.69, 9.17) is 23.2 Å². The van der Waals surface area contributed by atoms with Gasteiger partial charge in [-0.25, -0.2) is 9.97 Å². The van der Waals surface area contributed by atoms with Crippen LogP contribution in [0.5, 0.6) is 0 Å². The molecule has 0 atom stereocenters. The van der Waals surface area contributed by atoms with Gasteiger partial charge in [-0.1, -0.05) is 114 Å². The Bertz CT molecular complexity index is 3520. The molecular formula is C58H43N3O3. The fourth-order valence-corrected chi connectivity index (χ4v) is 10.5. The van der Waals surface area contributed by atoms with Crippen LogP contribution in [0.25, 0.3) is 117 Å². The van der Waals surface area contributed by atoms with E-state index >= 15 is 0 Å². The fraction of sp³-hybridized carbons (Fsp3) is 0.103. The molecule has 308 valence electrons. The summed E-state index contributed by atoms with van der Waals surface area (Å²) in [6.07, 6.45) is 0. The van der Waals surface area contributed by atoms with Crippen molar-refractivity contribution in [3.63, 3.8) is 0 Å². The molecule has 0 unspecified atom stereocenters. The lowest BCUT2D eigenvalue weighted by Crippen LogP contribution is -2.09. The number of benzene rings is 8.